The summed E-state index contributed by atoms with van der Waals surface area (Å²) in [6, 6.07) is 1.90. The first kappa shape index (κ1) is 7.73. The van der Waals surface area contributed by atoms with Crippen molar-refractivity contribution in [2.24, 2.45) is 0 Å². The van der Waals surface area contributed by atoms with E-state index in [4.69, 9.17) is 0 Å². The van der Waals surface area contributed by atoms with Crippen LogP contribution in [0.2, 0.25) is 0 Å². The van der Waals surface area contributed by atoms with E-state index in [1.165, 1.54) is 12.8 Å². The van der Waals surface area contributed by atoms with Crippen molar-refractivity contribution in [3.05, 3.63) is 30.1 Å². The summed E-state index contributed by atoms with van der Waals surface area (Å²) in [7, 11) is 0. The second-order valence-electron chi connectivity index (χ2n) is 3.62. The van der Waals surface area contributed by atoms with Crippen LogP contribution in [0.4, 0.5) is 0 Å². The van der Waals surface area contributed by atoms with Gasteiger partial charge in [-0.25, -0.2) is 4.98 Å². The van der Waals surface area contributed by atoms with Crippen molar-refractivity contribution < 1.29 is 0 Å². The molecule has 1 fully saturated rings. The Bertz CT molecular complexity index is 412. The molecule has 5 heteroatoms. The summed E-state index contributed by atoms with van der Waals surface area (Å²) in [5, 5.41) is 11.2. The average molecular weight is 189 g/mol. The molecule has 1 saturated carbocycles. The minimum absolute atomic E-state index is 0.609. The number of hydrogen-bond acceptors (Lipinski definition) is 3. The Morgan fingerprint density at radius 2 is 2.43 bits per heavy atom. The summed E-state index contributed by atoms with van der Waals surface area (Å²) in [6.07, 6.45) is 6.15. The molecule has 0 saturated heterocycles. The van der Waals surface area contributed by atoms with E-state index in [1.807, 2.05) is 16.9 Å². The van der Waals surface area contributed by atoms with Crippen molar-refractivity contribution in [1.29, 1.82) is 0 Å². The van der Waals surface area contributed by atoms with Crippen LogP contribution in [0.3, 0.4) is 0 Å². The molecule has 1 aliphatic carbocycles. The molecule has 0 aliphatic heterocycles. The maximum Gasteiger partial charge on any atom is 0.153 e. The number of hydrogen-bond donors (Lipinski definition) is 1. The van der Waals surface area contributed by atoms with Crippen LogP contribution in [0.1, 0.15) is 30.4 Å². The molecule has 3 rings (SSSR count). The Morgan fingerprint density at radius 3 is 3.14 bits per heavy atom. The van der Waals surface area contributed by atoms with Crippen molar-refractivity contribution in [2.45, 2.75) is 25.3 Å². The molecule has 2 aromatic rings. The second kappa shape index (κ2) is 2.94. The molecule has 2 heterocycles. The second-order valence-corrected chi connectivity index (χ2v) is 3.62. The van der Waals surface area contributed by atoms with E-state index in [0.717, 1.165) is 11.6 Å². The summed E-state index contributed by atoms with van der Waals surface area (Å²) in [6.45, 7) is 0.673. The Hall–Kier alpha value is -1.65. The van der Waals surface area contributed by atoms with Crippen molar-refractivity contribution >= 4 is 0 Å². The Labute approximate surface area is 81.2 Å². The van der Waals surface area contributed by atoms with E-state index in [1.54, 1.807) is 6.20 Å². The lowest BCUT2D eigenvalue weighted by atomic mass is 10.4. The van der Waals surface area contributed by atoms with Crippen LogP contribution < -0.4 is 0 Å². The largest absolute Gasteiger partial charge is 0.265 e. The lowest BCUT2D eigenvalue weighted by molar-refractivity contribution is 0.657. The first-order valence-electron chi connectivity index (χ1n) is 4.80. The normalized spacial score (nSPS) is 16.0. The highest BCUT2D eigenvalue weighted by atomic mass is 15.3. The number of rotatable bonds is 3. The van der Waals surface area contributed by atoms with Gasteiger partial charge in [-0.2, -0.15) is 10.2 Å². The third-order valence-electron chi connectivity index (χ3n) is 2.36. The molecular formula is C9H11N5. The fraction of sp³-hybridized carbons (Fsp3) is 0.444. The smallest absolute Gasteiger partial charge is 0.153 e. The molecule has 14 heavy (non-hydrogen) atoms. The maximum atomic E-state index is 4.42. The molecule has 0 atom stereocenters. The predicted molar refractivity (Wildman–Crippen MR) is 49.7 cm³/mol. The average Bonchev–Trinajstić information content (AvgIpc) is 2.75. The van der Waals surface area contributed by atoms with E-state index in [-0.39, 0.29) is 0 Å². The molecule has 0 unspecified atom stereocenters. The van der Waals surface area contributed by atoms with E-state index in [0.29, 0.717) is 12.5 Å². The minimum atomic E-state index is 0.609. The van der Waals surface area contributed by atoms with Crippen molar-refractivity contribution in [3.8, 4) is 0 Å². The van der Waals surface area contributed by atoms with Gasteiger partial charge >= 0.3 is 0 Å². The zero-order chi connectivity index (χ0) is 9.38. The first-order valence-corrected chi connectivity index (χ1v) is 4.80. The standard InChI is InChI=1S/C9H11N5/c1-4-10-14(5-1)6-8-11-9(13-12-8)7-2-3-7/h1,4-5,7H,2-3,6H2,(H,11,12,13). The quantitative estimate of drug-likeness (QED) is 0.781. The molecule has 2 aromatic heterocycles. The minimum Gasteiger partial charge on any atom is -0.265 e. The fourth-order valence-electron chi connectivity index (χ4n) is 1.45. The lowest BCUT2D eigenvalue weighted by Crippen LogP contribution is -2.01. The lowest BCUT2D eigenvalue weighted by Gasteiger charge is -1.94. The Kier molecular flexibility index (Phi) is 1.62. The summed E-state index contributed by atoms with van der Waals surface area (Å²) in [4.78, 5) is 4.42. The van der Waals surface area contributed by atoms with Crippen LogP contribution in [-0.2, 0) is 6.54 Å². The van der Waals surface area contributed by atoms with Gasteiger partial charge in [-0.15, -0.1) is 0 Å². The van der Waals surface area contributed by atoms with Crippen LogP contribution in [0.5, 0.6) is 0 Å². The summed E-state index contributed by atoms with van der Waals surface area (Å²) in [5.41, 5.74) is 0. The number of nitrogens with zero attached hydrogens (tertiary/aromatic N) is 4. The van der Waals surface area contributed by atoms with E-state index < -0.39 is 0 Å². The van der Waals surface area contributed by atoms with Gasteiger partial charge < -0.3 is 0 Å². The monoisotopic (exact) mass is 189 g/mol. The van der Waals surface area contributed by atoms with Crippen molar-refractivity contribution in [3.63, 3.8) is 0 Å². The maximum absolute atomic E-state index is 4.42. The number of nitrogens with one attached hydrogen (secondary N) is 1. The molecule has 0 aromatic carbocycles. The number of aromatic nitrogens is 5. The third-order valence-corrected chi connectivity index (χ3v) is 2.36. The zero-order valence-corrected chi connectivity index (χ0v) is 7.72. The molecule has 72 valence electrons. The van der Waals surface area contributed by atoms with E-state index in [2.05, 4.69) is 20.3 Å². The summed E-state index contributed by atoms with van der Waals surface area (Å²) in [5.74, 6) is 2.46. The molecule has 0 spiro atoms. The van der Waals surface area contributed by atoms with E-state index >= 15 is 0 Å². The molecule has 0 radical (unpaired) electrons. The highest BCUT2D eigenvalue weighted by Gasteiger charge is 2.27. The summed E-state index contributed by atoms with van der Waals surface area (Å²) >= 11 is 0. The van der Waals surface area contributed by atoms with Gasteiger partial charge in [0.2, 0.25) is 0 Å². The summed E-state index contributed by atoms with van der Waals surface area (Å²) < 4.78 is 1.83. The predicted octanol–water partition coefficient (Wildman–Crippen LogP) is 0.927. The van der Waals surface area contributed by atoms with Crippen LogP contribution in [0.15, 0.2) is 18.5 Å². The van der Waals surface area contributed by atoms with Crippen LogP contribution in [-0.4, -0.2) is 25.0 Å². The van der Waals surface area contributed by atoms with Crippen molar-refractivity contribution in [1.82, 2.24) is 25.0 Å². The third kappa shape index (κ3) is 1.41. The molecule has 0 bridgehead atoms. The van der Waals surface area contributed by atoms with Crippen LogP contribution >= 0.6 is 0 Å². The molecular weight excluding hydrogens is 178 g/mol. The zero-order valence-electron chi connectivity index (χ0n) is 7.72. The fourth-order valence-corrected chi connectivity index (χ4v) is 1.45. The first-order chi connectivity index (χ1) is 6.92. The highest BCUT2D eigenvalue weighted by Crippen LogP contribution is 2.37. The van der Waals surface area contributed by atoms with Gasteiger partial charge in [-0.1, -0.05) is 0 Å². The van der Waals surface area contributed by atoms with Crippen LogP contribution in [0, 0.1) is 0 Å². The molecule has 0 amide bonds. The highest BCUT2D eigenvalue weighted by molar-refractivity contribution is 5.05. The molecule has 5 nitrogen and oxygen atoms in total. The topological polar surface area (TPSA) is 59.4 Å². The van der Waals surface area contributed by atoms with Gasteiger partial charge in [-0.05, 0) is 18.9 Å². The van der Waals surface area contributed by atoms with Crippen molar-refractivity contribution in [2.75, 3.05) is 0 Å². The van der Waals surface area contributed by atoms with Gasteiger partial charge in [0.05, 0.1) is 0 Å². The van der Waals surface area contributed by atoms with Crippen LogP contribution in [0.25, 0.3) is 0 Å². The Morgan fingerprint density at radius 1 is 1.50 bits per heavy atom. The number of aromatic amines is 1. The van der Waals surface area contributed by atoms with E-state index in [9.17, 15) is 0 Å². The van der Waals surface area contributed by atoms with Gasteiger partial charge in [0, 0.05) is 18.3 Å². The van der Waals surface area contributed by atoms with Gasteiger partial charge in [0.25, 0.3) is 0 Å². The SMILES string of the molecule is c1cnn(Cc2nc(C3CC3)n[nH]2)c1. The van der Waals surface area contributed by atoms with Gasteiger partial charge in [0.15, 0.2) is 5.82 Å². The van der Waals surface area contributed by atoms with Gasteiger partial charge in [0.1, 0.15) is 12.4 Å². The molecule has 1 aliphatic rings. The number of H-pyrrole nitrogens is 1. The van der Waals surface area contributed by atoms with Gasteiger partial charge in [-0.3, -0.25) is 9.78 Å². The Balaban J connectivity index is 1.76. The molecule has 1 N–H and O–H groups in total.